The molecule has 0 radical (unpaired) electrons. The molecule has 1 nitrogen and oxygen atoms in total. The second-order valence-corrected chi connectivity index (χ2v) is 4.14. The predicted octanol–water partition coefficient (Wildman–Crippen LogP) is 4.35. The Morgan fingerprint density at radius 3 is 2.53 bits per heavy atom. The van der Waals surface area contributed by atoms with Crippen LogP contribution in [0.4, 0.5) is 4.39 Å². The van der Waals surface area contributed by atoms with Gasteiger partial charge in [0.1, 0.15) is 5.82 Å². The van der Waals surface area contributed by atoms with Crippen molar-refractivity contribution < 1.29 is 9.18 Å². The van der Waals surface area contributed by atoms with E-state index in [2.05, 4.69) is 0 Å². The summed E-state index contributed by atoms with van der Waals surface area (Å²) in [7, 11) is 0. The molecule has 0 unspecified atom stereocenters. The van der Waals surface area contributed by atoms with E-state index >= 15 is 0 Å². The van der Waals surface area contributed by atoms with E-state index in [1.165, 1.54) is 19.1 Å². The summed E-state index contributed by atoms with van der Waals surface area (Å²) < 4.78 is 13.1. The molecule has 0 N–H and O–H groups in total. The Hall–Kier alpha value is -1.67. The lowest BCUT2D eigenvalue weighted by Gasteiger charge is -2.07. The first-order valence-electron chi connectivity index (χ1n) is 5.15. The van der Waals surface area contributed by atoms with Gasteiger partial charge < -0.3 is 0 Å². The average Bonchev–Trinajstić information content (AvgIpc) is 2.32. The van der Waals surface area contributed by atoms with Crippen molar-refractivity contribution in [3.63, 3.8) is 0 Å². The Balaban J connectivity index is 2.60. The van der Waals surface area contributed by atoms with Gasteiger partial charge >= 0.3 is 0 Å². The molecule has 0 bridgehead atoms. The molecule has 0 amide bonds. The third kappa shape index (κ3) is 2.37. The maximum atomic E-state index is 13.1. The van der Waals surface area contributed by atoms with E-state index in [1.807, 2.05) is 12.1 Å². The van der Waals surface area contributed by atoms with Gasteiger partial charge in [-0.05, 0) is 30.2 Å². The van der Waals surface area contributed by atoms with E-state index in [0.717, 1.165) is 11.1 Å². The van der Waals surface area contributed by atoms with Crippen LogP contribution in [0.5, 0.6) is 0 Å². The maximum Gasteiger partial charge on any atom is 0.160 e. The Morgan fingerprint density at radius 1 is 1.18 bits per heavy atom. The van der Waals surface area contributed by atoms with Gasteiger partial charge in [-0.3, -0.25) is 4.79 Å². The topological polar surface area (TPSA) is 17.1 Å². The van der Waals surface area contributed by atoms with Crippen LogP contribution in [0.25, 0.3) is 11.1 Å². The normalized spacial score (nSPS) is 10.3. The van der Waals surface area contributed by atoms with Crippen LogP contribution in [0.2, 0.25) is 5.02 Å². The average molecular weight is 249 g/mol. The van der Waals surface area contributed by atoms with Crippen LogP contribution < -0.4 is 0 Å². The lowest BCUT2D eigenvalue weighted by Crippen LogP contribution is -1.95. The summed E-state index contributed by atoms with van der Waals surface area (Å²) in [5, 5.41) is 0.0563. The van der Waals surface area contributed by atoms with Crippen molar-refractivity contribution in [2.24, 2.45) is 0 Å². The van der Waals surface area contributed by atoms with Crippen molar-refractivity contribution in [3.8, 4) is 11.1 Å². The van der Waals surface area contributed by atoms with Crippen LogP contribution in [0.3, 0.4) is 0 Å². The van der Waals surface area contributed by atoms with Gasteiger partial charge in [0.25, 0.3) is 0 Å². The minimum Gasteiger partial charge on any atom is -0.294 e. The van der Waals surface area contributed by atoms with Crippen LogP contribution >= 0.6 is 11.6 Å². The smallest absolute Gasteiger partial charge is 0.160 e. The highest BCUT2D eigenvalue weighted by molar-refractivity contribution is 6.31. The predicted molar refractivity (Wildman–Crippen MR) is 66.9 cm³/mol. The largest absolute Gasteiger partial charge is 0.294 e. The molecule has 0 aliphatic rings. The maximum absolute atomic E-state index is 13.1. The van der Waals surface area contributed by atoms with E-state index in [-0.39, 0.29) is 10.8 Å². The molecule has 2 rings (SSSR count). The first-order chi connectivity index (χ1) is 8.09. The second kappa shape index (κ2) is 4.68. The zero-order valence-corrected chi connectivity index (χ0v) is 9.96. The molecule has 0 heterocycles. The van der Waals surface area contributed by atoms with Gasteiger partial charge in [0, 0.05) is 5.56 Å². The summed E-state index contributed by atoms with van der Waals surface area (Å²) in [6.07, 6.45) is 0. The van der Waals surface area contributed by atoms with Gasteiger partial charge in [-0.25, -0.2) is 4.39 Å². The van der Waals surface area contributed by atoms with Crippen LogP contribution in [-0.2, 0) is 0 Å². The van der Waals surface area contributed by atoms with E-state index < -0.39 is 5.82 Å². The van der Waals surface area contributed by atoms with Crippen molar-refractivity contribution in [2.75, 3.05) is 0 Å². The number of hydrogen-bond acceptors (Lipinski definition) is 1. The molecule has 2 aromatic carbocycles. The van der Waals surface area contributed by atoms with E-state index in [9.17, 15) is 9.18 Å². The lowest BCUT2D eigenvalue weighted by atomic mass is 9.97. The molecule has 86 valence electrons. The number of hydrogen-bond donors (Lipinski definition) is 0. The highest BCUT2D eigenvalue weighted by Crippen LogP contribution is 2.27. The first kappa shape index (κ1) is 11.8. The lowest BCUT2D eigenvalue weighted by molar-refractivity contribution is 0.101. The summed E-state index contributed by atoms with van der Waals surface area (Å²) in [5.74, 6) is -0.489. The molecule has 17 heavy (non-hydrogen) atoms. The molecule has 0 aliphatic carbocycles. The summed E-state index contributed by atoms with van der Waals surface area (Å²) in [6.45, 7) is 1.50. The summed E-state index contributed by atoms with van der Waals surface area (Å²) in [5.41, 5.74) is 2.11. The van der Waals surface area contributed by atoms with E-state index in [0.29, 0.717) is 5.56 Å². The van der Waals surface area contributed by atoms with Gasteiger partial charge in [-0.2, -0.15) is 0 Å². The highest BCUT2D eigenvalue weighted by atomic mass is 35.5. The quantitative estimate of drug-likeness (QED) is 0.722. The fourth-order valence-electron chi connectivity index (χ4n) is 1.71. The molecule has 0 atom stereocenters. The zero-order chi connectivity index (χ0) is 12.4. The van der Waals surface area contributed by atoms with Crippen LogP contribution in [0, 0.1) is 5.82 Å². The Morgan fingerprint density at radius 2 is 1.88 bits per heavy atom. The van der Waals surface area contributed by atoms with Gasteiger partial charge in [-0.1, -0.05) is 41.9 Å². The standard InChI is InChI=1S/C14H10ClFO/c1-9(17)11-4-2-3-5-12(11)10-6-7-14(16)13(15)8-10/h2-8H,1H3. The monoisotopic (exact) mass is 248 g/mol. The van der Waals surface area contributed by atoms with Crippen LogP contribution in [-0.4, -0.2) is 5.78 Å². The van der Waals surface area contributed by atoms with Gasteiger partial charge in [0.15, 0.2) is 5.78 Å². The van der Waals surface area contributed by atoms with E-state index in [4.69, 9.17) is 11.6 Å². The number of rotatable bonds is 2. The summed E-state index contributed by atoms with van der Waals surface area (Å²) >= 11 is 5.74. The molecule has 0 saturated carbocycles. The Kier molecular flexibility index (Phi) is 3.25. The van der Waals surface area contributed by atoms with E-state index in [1.54, 1.807) is 18.2 Å². The number of halogens is 2. The molecule has 2 aromatic rings. The Labute approximate surface area is 104 Å². The summed E-state index contributed by atoms with van der Waals surface area (Å²) in [4.78, 5) is 11.5. The number of ketones is 1. The molecule has 0 aliphatic heterocycles. The second-order valence-electron chi connectivity index (χ2n) is 3.73. The third-order valence-corrected chi connectivity index (χ3v) is 2.83. The molecular weight excluding hydrogens is 239 g/mol. The fourth-order valence-corrected chi connectivity index (χ4v) is 1.89. The molecule has 0 aromatic heterocycles. The molecule has 3 heteroatoms. The van der Waals surface area contributed by atoms with Crippen molar-refractivity contribution in [1.29, 1.82) is 0 Å². The number of Topliss-reactive ketones (excluding diaryl/α,β-unsaturated/α-hetero) is 1. The van der Waals surface area contributed by atoms with Gasteiger partial charge in [0.05, 0.1) is 5.02 Å². The number of carbonyl (C=O) groups is 1. The summed E-state index contributed by atoms with van der Waals surface area (Å²) in [6, 6.07) is 11.6. The molecular formula is C14H10ClFO. The van der Waals surface area contributed by atoms with Gasteiger partial charge in [0.2, 0.25) is 0 Å². The minimum absolute atomic E-state index is 0.0268. The molecule has 0 saturated heterocycles. The van der Waals surface area contributed by atoms with Crippen molar-refractivity contribution in [2.45, 2.75) is 6.92 Å². The highest BCUT2D eigenvalue weighted by Gasteiger charge is 2.09. The van der Waals surface area contributed by atoms with Crippen LogP contribution in [0.15, 0.2) is 42.5 Å². The van der Waals surface area contributed by atoms with Crippen molar-refractivity contribution in [1.82, 2.24) is 0 Å². The Bertz CT molecular complexity index is 578. The van der Waals surface area contributed by atoms with Crippen molar-refractivity contribution in [3.05, 3.63) is 58.9 Å². The molecule has 0 spiro atoms. The fraction of sp³-hybridized carbons (Fsp3) is 0.0714. The number of benzene rings is 2. The van der Waals surface area contributed by atoms with Gasteiger partial charge in [-0.15, -0.1) is 0 Å². The number of carbonyl (C=O) groups excluding carboxylic acids is 1. The van der Waals surface area contributed by atoms with Crippen molar-refractivity contribution >= 4 is 17.4 Å². The first-order valence-corrected chi connectivity index (χ1v) is 5.53. The third-order valence-electron chi connectivity index (χ3n) is 2.54. The van der Waals surface area contributed by atoms with Crippen LogP contribution in [0.1, 0.15) is 17.3 Å². The SMILES string of the molecule is CC(=O)c1ccccc1-c1ccc(F)c(Cl)c1. The zero-order valence-electron chi connectivity index (χ0n) is 9.21. The minimum atomic E-state index is -0.462. The molecule has 0 fully saturated rings.